The summed E-state index contributed by atoms with van der Waals surface area (Å²) in [7, 11) is 0. The molecule has 0 radical (unpaired) electrons. The molecule has 1 aromatic heterocycles. The first-order chi connectivity index (χ1) is 9.97. The molecule has 1 heterocycles. The Labute approximate surface area is 128 Å². The quantitative estimate of drug-likeness (QED) is 0.836. The van der Waals surface area contributed by atoms with E-state index in [-0.39, 0.29) is 5.41 Å². The van der Waals surface area contributed by atoms with Crippen LogP contribution >= 0.6 is 0 Å². The highest BCUT2D eigenvalue weighted by Crippen LogP contribution is 2.45. The Hall–Kier alpha value is -1.32. The van der Waals surface area contributed by atoms with Gasteiger partial charge in [-0.05, 0) is 44.4 Å². The van der Waals surface area contributed by atoms with E-state index in [4.69, 9.17) is 4.98 Å². The van der Waals surface area contributed by atoms with E-state index in [9.17, 15) is 0 Å². The van der Waals surface area contributed by atoms with E-state index < -0.39 is 0 Å². The number of rotatable bonds is 6. The molecular weight excluding hydrogens is 260 g/mol. The molecule has 0 spiro atoms. The van der Waals surface area contributed by atoms with Crippen LogP contribution in [0.3, 0.4) is 0 Å². The van der Waals surface area contributed by atoms with Crippen molar-refractivity contribution < 1.29 is 0 Å². The summed E-state index contributed by atoms with van der Waals surface area (Å²) in [5, 5.41) is 7.06. The van der Waals surface area contributed by atoms with Crippen LogP contribution in [0.15, 0.2) is 6.07 Å². The zero-order chi connectivity index (χ0) is 15.0. The van der Waals surface area contributed by atoms with E-state index in [0.717, 1.165) is 35.8 Å². The number of nitrogens with zero attached hydrogens (tertiary/aromatic N) is 2. The van der Waals surface area contributed by atoms with Crippen LogP contribution in [0.2, 0.25) is 0 Å². The zero-order valence-electron chi connectivity index (χ0n) is 13.7. The molecule has 116 valence electrons. The van der Waals surface area contributed by atoms with Crippen molar-refractivity contribution in [3.05, 3.63) is 11.9 Å². The van der Waals surface area contributed by atoms with Gasteiger partial charge in [-0.15, -0.1) is 0 Å². The highest BCUT2D eigenvalue weighted by molar-refractivity contribution is 5.49. The van der Waals surface area contributed by atoms with Crippen molar-refractivity contribution in [3.63, 3.8) is 0 Å². The van der Waals surface area contributed by atoms with Crippen LogP contribution in [-0.2, 0) is 5.41 Å². The number of nitrogens with one attached hydrogen (secondary N) is 2. The van der Waals surface area contributed by atoms with Gasteiger partial charge in [0.1, 0.15) is 17.5 Å². The van der Waals surface area contributed by atoms with E-state index >= 15 is 0 Å². The fraction of sp³-hybridized carbons (Fsp3) is 0.765. The van der Waals surface area contributed by atoms with Crippen LogP contribution in [0.5, 0.6) is 0 Å². The maximum absolute atomic E-state index is 4.78. The Balaban J connectivity index is 1.83. The summed E-state index contributed by atoms with van der Waals surface area (Å²) in [5.41, 5.74) is -0.0312. The highest BCUT2D eigenvalue weighted by atomic mass is 15.1. The Morgan fingerprint density at radius 2 is 1.67 bits per heavy atom. The van der Waals surface area contributed by atoms with Crippen molar-refractivity contribution in [2.45, 2.75) is 64.8 Å². The Morgan fingerprint density at radius 3 is 2.14 bits per heavy atom. The highest BCUT2D eigenvalue weighted by Gasteiger charge is 2.41. The van der Waals surface area contributed by atoms with Gasteiger partial charge in [0.25, 0.3) is 0 Å². The summed E-state index contributed by atoms with van der Waals surface area (Å²) in [6, 6.07) is 2.69. The van der Waals surface area contributed by atoms with Gasteiger partial charge in [0.15, 0.2) is 0 Å². The first-order valence-electron chi connectivity index (χ1n) is 8.37. The molecule has 2 aliphatic carbocycles. The maximum atomic E-state index is 4.78. The van der Waals surface area contributed by atoms with Gasteiger partial charge in [0.05, 0.1) is 0 Å². The van der Waals surface area contributed by atoms with Crippen LogP contribution in [0, 0.1) is 11.8 Å². The normalized spacial score (nSPS) is 18.9. The molecule has 0 unspecified atom stereocenters. The van der Waals surface area contributed by atoms with Crippen LogP contribution in [0.4, 0.5) is 11.6 Å². The molecule has 0 saturated heterocycles. The Kier molecular flexibility index (Phi) is 3.80. The van der Waals surface area contributed by atoms with Gasteiger partial charge in [0.2, 0.25) is 0 Å². The predicted molar refractivity (Wildman–Crippen MR) is 87.8 cm³/mol. The topological polar surface area (TPSA) is 49.8 Å². The SMILES string of the molecule is CCNc1cc(NC(C2CC2)C2CC2)nc(C(C)(C)C)n1. The fourth-order valence-corrected chi connectivity index (χ4v) is 2.83. The summed E-state index contributed by atoms with van der Waals surface area (Å²) in [6.07, 6.45) is 5.52. The average molecular weight is 288 g/mol. The van der Waals surface area contributed by atoms with E-state index in [1.807, 2.05) is 0 Å². The van der Waals surface area contributed by atoms with Gasteiger partial charge in [-0.2, -0.15) is 0 Å². The van der Waals surface area contributed by atoms with E-state index in [2.05, 4.69) is 49.4 Å². The first-order valence-corrected chi connectivity index (χ1v) is 8.37. The minimum Gasteiger partial charge on any atom is -0.370 e. The number of hydrogen-bond donors (Lipinski definition) is 2. The molecule has 4 nitrogen and oxygen atoms in total. The molecule has 0 aliphatic heterocycles. The molecule has 3 rings (SSSR count). The van der Waals surface area contributed by atoms with Crippen molar-refractivity contribution >= 4 is 11.6 Å². The van der Waals surface area contributed by atoms with Gasteiger partial charge in [0, 0.05) is 24.1 Å². The molecule has 0 atom stereocenters. The third-order valence-electron chi connectivity index (χ3n) is 4.33. The second-order valence-electron chi connectivity index (χ2n) is 7.59. The Morgan fingerprint density at radius 1 is 1.10 bits per heavy atom. The van der Waals surface area contributed by atoms with Crippen molar-refractivity contribution in [3.8, 4) is 0 Å². The maximum Gasteiger partial charge on any atom is 0.138 e. The lowest BCUT2D eigenvalue weighted by molar-refractivity contribution is 0.539. The van der Waals surface area contributed by atoms with E-state index in [1.165, 1.54) is 25.7 Å². The summed E-state index contributed by atoms with van der Waals surface area (Å²) < 4.78 is 0. The van der Waals surface area contributed by atoms with Gasteiger partial charge >= 0.3 is 0 Å². The van der Waals surface area contributed by atoms with Gasteiger partial charge < -0.3 is 10.6 Å². The molecule has 0 bridgehead atoms. The summed E-state index contributed by atoms with van der Waals surface area (Å²) in [5.74, 6) is 4.58. The Bertz CT molecular complexity index is 486. The molecule has 0 amide bonds. The second-order valence-corrected chi connectivity index (χ2v) is 7.59. The summed E-state index contributed by atoms with van der Waals surface area (Å²) >= 11 is 0. The van der Waals surface area contributed by atoms with E-state index in [1.54, 1.807) is 0 Å². The lowest BCUT2D eigenvalue weighted by Crippen LogP contribution is -2.26. The van der Waals surface area contributed by atoms with Crippen molar-refractivity contribution in [2.24, 2.45) is 11.8 Å². The molecule has 2 fully saturated rings. The van der Waals surface area contributed by atoms with Crippen molar-refractivity contribution in [1.82, 2.24) is 9.97 Å². The summed E-state index contributed by atoms with van der Waals surface area (Å²) in [4.78, 5) is 9.45. The van der Waals surface area contributed by atoms with Crippen LogP contribution in [-0.4, -0.2) is 22.6 Å². The molecular formula is C17H28N4. The minimum absolute atomic E-state index is 0.0312. The first kappa shape index (κ1) is 14.6. The van der Waals surface area contributed by atoms with Gasteiger partial charge in [-0.3, -0.25) is 0 Å². The molecule has 4 heteroatoms. The lowest BCUT2D eigenvalue weighted by Gasteiger charge is -2.22. The van der Waals surface area contributed by atoms with Crippen LogP contribution in [0.25, 0.3) is 0 Å². The molecule has 2 aliphatic rings. The fourth-order valence-electron chi connectivity index (χ4n) is 2.83. The number of aromatic nitrogens is 2. The molecule has 0 aromatic carbocycles. The lowest BCUT2D eigenvalue weighted by atomic mass is 9.95. The third kappa shape index (κ3) is 3.66. The smallest absolute Gasteiger partial charge is 0.138 e. The standard InChI is InChI=1S/C17H28N4/c1-5-18-13-10-14(21-16(20-13)17(2,3)4)19-15(11-6-7-11)12-8-9-12/h10-12,15H,5-9H2,1-4H3,(H2,18,19,20,21). The summed E-state index contributed by atoms with van der Waals surface area (Å²) in [6.45, 7) is 9.49. The third-order valence-corrected chi connectivity index (χ3v) is 4.33. The van der Waals surface area contributed by atoms with Crippen LogP contribution < -0.4 is 10.6 Å². The monoisotopic (exact) mass is 288 g/mol. The van der Waals surface area contributed by atoms with Crippen molar-refractivity contribution in [2.75, 3.05) is 17.2 Å². The van der Waals surface area contributed by atoms with Gasteiger partial charge in [-0.25, -0.2) is 9.97 Å². The van der Waals surface area contributed by atoms with Crippen LogP contribution in [0.1, 0.15) is 59.2 Å². The second kappa shape index (κ2) is 5.47. The average Bonchev–Trinajstić information content (AvgIpc) is 3.26. The zero-order valence-corrected chi connectivity index (χ0v) is 13.7. The van der Waals surface area contributed by atoms with Crippen molar-refractivity contribution in [1.29, 1.82) is 0 Å². The molecule has 21 heavy (non-hydrogen) atoms. The molecule has 2 saturated carbocycles. The molecule has 2 N–H and O–H groups in total. The predicted octanol–water partition coefficient (Wildman–Crippen LogP) is 3.81. The minimum atomic E-state index is -0.0312. The number of hydrogen-bond acceptors (Lipinski definition) is 4. The van der Waals surface area contributed by atoms with E-state index in [0.29, 0.717) is 6.04 Å². The molecule has 1 aromatic rings. The van der Waals surface area contributed by atoms with Gasteiger partial charge in [-0.1, -0.05) is 20.8 Å². The number of anilines is 2. The largest absolute Gasteiger partial charge is 0.370 e.